The maximum Gasteiger partial charge on any atom is 0.422 e. The van der Waals surface area contributed by atoms with Crippen molar-refractivity contribution in [3.63, 3.8) is 0 Å². The van der Waals surface area contributed by atoms with Crippen molar-refractivity contribution in [2.45, 2.75) is 18.6 Å². The van der Waals surface area contributed by atoms with Crippen LogP contribution in [-0.2, 0) is 4.79 Å². The number of urea groups is 1. The molecule has 0 aliphatic heterocycles. The van der Waals surface area contributed by atoms with Crippen LogP contribution in [0.4, 0.5) is 18.0 Å². The number of halogens is 3. The maximum absolute atomic E-state index is 12.7. The van der Waals surface area contributed by atoms with Crippen molar-refractivity contribution in [1.29, 1.82) is 0 Å². The van der Waals surface area contributed by atoms with Crippen molar-refractivity contribution >= 4 is 12.0 Å². The van der Waals surface area contributed by atoms with Gasteiger partial charge < -0.3 is 20.2 Å². The molecule has 1 unspecified atom stereocenters. The Morgan fingerprint density at radius 3 is 1.95 bits per heavy atom. The molecule has 2 amide bonds. The van der Waals surface area contributed by atoms with E-state index in [1.807, 2.05) is 0 Å². The highest BCUT2D eigenvalue weighted by atomic mass is 19.4. The minimum Gasteiger partial charge on any atom is -0.479 e. The lowest BCUT2D eigenvalue weighted by Gasteiger charge is -2.31. The Kier molecular flexibility index (Phi) is 5.61. The second-order valence-electron chi connectivity index (χ2n) is 4.58. The third-order valence-electron chi connectivity index (χ3n) is 2.58. The second-order valence-corrected chi connectivity index (χ2v) is 4.58. The van der Waals surface area contributed by atoms with Crippen LogP contribution in [-0.4, -0.2) is 72.9 Å². The maximum atomic E-state index is 12.7. The number of carboxylic acids is 1. The van der Waals surface area contributed by atoms with E-state index in [0.717, 1.165) is 4.90 Å². The van der Waals surface area contributed by atoms with Gasteiger partial charge in [0.25, 0.3) is 0 Å². The van der Waals surface area contributed by atoms with Gasteiger partial charge in [-0.1, -0.05) is 0 Å². The molecular weight excluding hydrogens is 267 g/mol. The van der Waals surface area contributed by atoms with Crippen LogP contribution in [0.3, 0.4) is 0 Å². The van der Waals surface area contributed by atoms with Crippen molar-refractivity contribution < 1.29 is 27.9 Å². The molecule has 1 atom stereocenters. The lowest BCUT2D eigenvalue weighted by Crippen LogP contribution is -2.63. The molecule has 0 rings (SSSR count). The van der Waals surface area contributed by atoms with E-state index in [-0.39, 0.29) is 6.54 Å². The lowest BCUT2D eigenvalue weighted by molar-refractivity contribution is -0.203. The van der Waals surface area contributed by atoms with Crippen LogP contribution in [0.5, 0.6) is 0 Å². The molecule has 0 aliphatic carbocycles. The van der Waals surface area contributed by atoms with Gasteiger partial charge in [-0.15, -0.1) is 0 Å². The average Bonchev–Trinajstić information content (AvgIpc) is 2.23. The first-order chi connectivity index (χ1) is 8.41. The molecule has 0 spiro atoms. The Morgan fingerprint density at radius 2 is 1.63 bits per heavy atom. The van der Waals surface area contributed by atoms with E-state index in [2.05, 4.69) is 0 Å². The van der Waals surface area contributed by atoms with Gasteiger partial charge in [0, 0.05) is 20.1 Å². The molecule has 9 heteroatoms. The third kappa shape index (κ3) is 4.58. The van der Waals surface area contributed by atoms with Crippen LogP contribution in [0.1, 0.15) is 6.92 Å². The van der Waals surface area contributed by atoms with Gasteiger partial charge in [0.05, 0.1) is 0 Å². The number of rotatable bonds is 5. The van der Waals surface area contributed by atoms with E-state index < -0.39 is 23.7 Å². The number of carbonyl (C=O) groups is 2. The van der Waals surface area contributed by atoms with Crippen molar-refractivity contribution in [1.82, 2.24) is 15.1 Å². The molecule has 0 aromatic heterocycles. The van der Waals surface area contributed by atoms with Gasteiger partial charge in [-0.25, -0.2) is 9.59 Å². The zero-order valence-electron chi connectivity index (χ0n) is 11.2. The standard InChI is InChI=1S/C10H18F3N3O3/c1-9(7(17)18,10(11,12)13)14-8(19)16(4)6-5-15(2)3/h5-6H2,1-4H3,(H,14,19)(H,17,18). The molecule has 19 heavy (non-hydrogen) atoms. The SMILES string of the molecule is CN(C)CCN(C)C(=O)NC(C)(C(=O)O)C(F)(F)F. The summed E-state index contributed by atoms with van der Waals surface area (Å²) in [6, 6.07) is -1.09. The topological polar surface area (TPSA) is 72.9 Å². The van der Waals surface area contributed by atoms with Gasteiger partial charge in [0.15, 0.2) is 0 Å². The number of carboxylic acid groups (broad SMARTS) is 1. The van der Waals surface area contributed by atoms with Crippen LogP contribution in [0.15, 0.2) is 0 Å². The average molecular weight is 285 g/mol. The summed E-state index contributed by atoms with van der Waals surface area (Å²) in [7, 11) is 4.77. The fraction of sp³-hybridized carbons (Fsp3) is 0.800. The Balaban J connectivity index is 4.80. The summed E-state index contributed by atoms with van der Waals surface area (Å²) in [4.78, 5) is 25.0. The largest absolute Gasteiger partial charge is 0.479 e. The molecule has 0 fully saturated rings. The number of amides is 2. The predicted molar refractivity (Wildman–Crippen MR) is 61.8 cm³/mol. The van der Waals surface area contributed by atoms with E-state index in [4.69, 9.17) is 5.11 Å². The summed E-state index contributed by atoms with van der Waals surface area (Å²) in [5.74, 6) is -2.16. The van der Waals surface area contributed by atoms with Crippen LogP contribution in [0, 0.1) is 0 Å². The highest BCUT2D eigenvalue weighted by Gasteiger charge is 2.58. The number of alkyl halides is 3. The first-order valence-electron chi connectivity index (χ1n) is 5.40. The van der Waals surface area contributed by atoms with Crippen LogP contribution in [0.2, 0.25) is 0 Å². The van der Waals surface area contributed by atoms with E-state index in [1.54, 1.807) is 19.0 Å². The lowest BCUT2D eigenvalue weighted by atomic mass is 10.0. The molecule has 0 saturated carbocycles. The van der Waals surface area contributed by atoms with Gasteiger partial charge in [-0.2, -0.15) is 13.2 Å². The molecule has 0 radical (unpaired) electrons. The highest BCUT2D eigenvalue weighted by Crippen LogP contribution is 2.30. The van der Waals surface area contributed by atoms with Gasteiger partial charge >= 0.3 is 18.2 Å². The van der Waals surface area contributed by atoms with Gasteiger partial charge in [0.1, 0.15) is 0 Å². The van der Waals surface area contributed by atoms with Crippen LogP contribution in [0.25, 0.3) is 0 Å². The summed E-state index contributed by atoms with van der Waals surface area (Å²) in [6.07, 6.45) is -5.09. The van der Waals surface area contributed by atoms with Crippen molar-refractivity contribution in [3.05, 3.63) is 0 Å². The smallest absolute Gasteiger partial charge is 0.422 e. The van der Waals surface area contributed by atoms with E-state index in [0.29, 0.717) is 13.5 Å². The number of hydrogen-bond acceptors (Lipinski definition) is 3. The monoisotopic (exact) mass is 285 g/mol. The molecule has 112 valence electrons. The quantitative estimate of drug-likeness (QED) is 0.775. The zero-order chi connectivity index (χ0) is 15.4. The van der Waals surface area contributed by atoms with E-state index in [9.17, 15) is 22.8 Å². The zero-order valence-corrected chi connectivity index (χ0v) is 11.2. The highest BCUT2D eigenvalue weighted by molar-refractivity contribution is 5.86. The predicted octanol–water partition coefficient (Wildman–Crippen LogP) is 0.595. The van der Waals surface area contributed by atoms with E-state index >= 15 is 0 Å². The molecule has 0 aromatic carbocycles. The first kappa shape index (κ1) is 17.5. The molecule has 0 heterocycles. The minimum atomic E-state index is -5.09. The molecule has 0 bridgehead atoms. The summed E-state index contributed by atoms with van der Waals surface area (Å²) in [5, 5.41) is 10.2. The summed E-state index contributed by atoms with van der Waals surface area (Å²) < 4.78 is 38.0. The van der Waals surface area contributed by atoms with Gasteiger partial charge in [-0.3, -0.25) is 0 Å². The fourth-order valence-electron chi connectivity index (χ4n) is 1.01. The number of aliphatic carboxylic acids is 1. The molecule has 6 nitrogen and oxygen atoms in total. The Bertz CT molecular complexity index is 347. The summed E-state index contributed by atoms with van der Waals surface area (Å²) in [6.45, 7) is 1.03. The first-order valence-corrected chi connectivity index (χ1v) is 5.40. The number of hydrogen-bond donors (Lipinski definition) is 2. The van der Waals surface area contributed by atoms with Gasteiger partial charge in [-0.05, 0) is 21.0 Å². The van der Waals surface area contributed by atoms with Crippen LogP contribution < -0.4 is 5.32 Å². The van der Waals surface area contributed by atoms with Crippen molar-refractivity contribution in [2.24, 2.45) is 0 Å². The number of carbonyl (C=O) groups excluding carboxylic acids is 1. The molecule has 0 aliphatic rings. The normalized spacial score (nSPS) is 14.9. The Hall–Kier alpha value is -1.51. The van der Waals surface area contributed by atoms with Crippen LogP contribution >= 0.6 is 0 Å². The van der Waals surface area contributed by atoms with Gasteiger partial charge in [0.2, 0.25) is 5.54 Å². The van der Waals surface area contributed by atoms with Crippen molar-refractivity contribution in [2.75, 3.05) is 34.2 Å². The molecule has 0 saturated heterocycles. The third-order valence-corrected chi connectivity index (χ3v) is 2.58. The summed E-state index contributed by atoms with van der Waals surface area (Å²) >= 11 is 0. The fourth-order valence-corrected chi connectivity index (χ4v) is 1.01. The van der Waals surface area contributed by atoms with Crippen molar-refractivity contribution in [3.8, 4) is 0 Å². The number of nitrogens with one attached hydrogen (secondary N) is 1. The molecule has 2 N–H and O–H groups in total. The summed E-state index contributed by atoms with van der Waals surface area (Å²) in [5.41, 5.74) is -3.31. The number of nitrogens with zero attached hydrogens (tertiary/aromatic N) is 2. The van der Waals surface area contributed by atoms with E-state index in [1.165, 1.54) is 12.4 Å². The molecule has 0 aromatic rings. The molecular formula is C10H18F3N3O3. The Morgan fingerprint density at radius 1 is 1.16 bits per heavy atom. The Labute approximate surface area is 109 Å². The minimum absolute atomic E-state index is 0.173. The second kappa shape index (κ2) is 6.09. The number of likely N-dealkylation sites (N-methyl/N-ethyl adjacent to an activating group) is 2.